The monoisotopic (exact) mass is 632 g/mol. The van der Waals surface area contributed by atoms with E-state index in [2.05, 4.69) is 160 Å². The number of esters is 1. The van der Waals surface area contributed by atoms with Gasteiger partial charge in [-0.2, -0.15) is 0 Å². The number of ether oxygens (including phenoxy) is 1. The lowest BCUT2D eigenvalue weighted by molar-refractivity contribution is -0.150. The van der Waals surface area contributed by atoms with Gasteiger partial charge in [0.1, 0.15) is 6.10 Å². The molecular weight excluding hydrogens is 572 g/mol. The van der Waals surface area contributed by atoms with Crippen molar-refractivity contribution < 1.29 is 9.53 Å². The van der Waals surface area contributed by atoms with Gasteiger partial charge in [0.2, 0.25) is 0 Å². The lowest BCUT2D eigenvalue weighted by Gasteiger charge is -2.37. The second-order valence-electron chi connectivity index (χ2n) is 14.6. The summed E-state index contributed by atoms with van der Waals surface area (Å²) >= 11 is 0. The van der Waals surface area contributed by atoms with Gasteiger partial charge >= 0.3 is 5.97 Å². The van der Waals surface area contributed by atoms with Crippen LogP contribution in [0.3, 0.4) is 0 Å². The Morgan fingerprint density at radius 3 is 1.74 bits per heavy atom. The number of hydrogen-bond acceptors (Lipinski definition) is 2. The molecule has 0 fully saturated rings. The van der Waals surface area contributed by atoms with Crippen molar-refractivity contribution >= 4 is 5.97 Å². The van der Waals surface area contributed by atoms with E-state index in [-0.39, 0.29) is 29.3 Å². The lowest BCUT2D eigenvalue weighted by atomic mass is 9.71. The van der Waals surface area contributed by atoms with Crippen LogP contribution >= 0.6 is 0 Å². The fourth-order valence-electron chi connectivity index (χ4n) is 6.43. The molecule has 0 saturated heterocycles. The van der Waals surface area contributed by atoms with E-state index < -0.39 is 0 Å². The van der Waals surface area contributed by atoms with Crippen molar-refractivity contribution in [2.45, 2.75) is 120 Å². The zero-order chi connectivity index (χ0) is 35.0. The Morgan fingerprint density at radius 2 is 1.26 bits per heavy atom. The first kappa shape index (κ1) is 39.3. The summed E-state index contributed by atoms with van der Waals surface area (Å²) in [5, 5.41) is 0. The van der Waals surface area contributed by atoms with Gasteiger partial charge in [-0.25, -0.2) is 0 Å². The third-order valence-corrected chi connectivity index (χ3v) is 9.07. The Hall–Kier alpha value is -3.83. The van der Waals surface area contributed by atoms with Crippen LogP contribution in [0.25, 0.3) is 0 Å². The van der Waals surface area contributed by atoms with Crippen molar-refractivity contribution in [3.8, 4) is 12.3 Å². The highest BCUT2D eigenvalue weighted by Crippen LogP contribution is 2.42. The second kappa shape index (κ2) is 19.1. The van der Waals surface area contributed by atoms with E-state index in [9.17, 15) is 4.79 Å². The average molecular weight is 633 g/mol. The van der Waals surface area contributed by atoms with Gasteiger partial charge in [0.05, 0.1) is 6.42 Å². The van der Waals surface area contributed by atoms with Gasteiger partial charge in [-0.1, -0.05) is 146 Å². The van der Waals surface area contributed by atoms with Crippen molar-refractivity contribution in [2.75, 3.05) is 0 Å². The molecule has 0 heterocycles. The van der Waals surface area contributed by atoms with Crippen LogP contribution in [0.1, 0.15) is 114 Å². The molecule has 0 aromatic carbocycles. The molecule has 47 heavy (non-hydrogen) atoms. The Labute approximate surface area is 287 Å². The third kappa shape index (κ3) is 14.2. The first-order chi connectivity index (χ1) is 22.1. The summed E-state index contributed by atoms with van der Waals surface area (Å²) in [4.78, 5) is 12.1. The van der Waals surface area contributed by atoms with E-state index in [0.29, 0.717) is 6.42 Å². The fourth-order valence-corrected chi connectivity index (χ4v) is 6.43. The topological polar surface area (TPSA) is 26.3 Å². The molecule has 0 N–H and O–H groups in total. The molecule has 2 heteroatoms. The molecular formula is C45H60O2. The fraction of sp³-hybridized carbons (Fsp3) is 0.444. The number of rotatable bonds is 13. The van der Waals surface area contributed by atoms with Gasteiger partial charge in [0.15, 0.2) is 0 Å². The molecule has 252 valence electrons. The lowest BCUT2D eigenvalue weighted by Crippen LogP contribution is -2.31. The van der Waals surface area contributed by atoms with Crippen molar-refractivity contribution in [2.24, 2.45) is 10.8 Å². The molecule has 2 aliphatic rings. The standard InChI is InChI=1S/C45H60O2/c1-12-13-26-43(46)47-40-32-39(7)42(45(10,11)33-40)30-28-37(5)24-17-22-35(3)20-15-14-19-34(2)21-16-23-36(4)27-29-41-38(6)25-18-31-44(41,8)9/h1,14-17,19-24,27-30,40H,13,18,25-26,31-33H2,2-11H3/b15-14+,21-16+,22-17+,29-27+,30-28+,34-19+,35-20+,36-23+,37-24+/t40-/m1/s1. The van der Waals surface area contributed by atoms with Crippen LogP contribution in [0, 0.1) is 23.2 Å². The summed E-state index contributed by atoms with van der Waals surface area (Å²) in [7, 11) is 0. The zero-order valence-corrected chi connectivity index (χ0v) is 31.0. The molecule has 0 aromatic heterocycles. The predicted molar refractivity (Wildman–Crippen MR) is 205 cm³/mol. The number of hydrogen-bond donors (Lipinski definition) is 0. The first-order valence-corrected chi connectivity index (χ1v) is 17.3. The molecule has 2 rings (SSSR count). The summed E-state index contributed by atoms with van der Waals surface area (Å²) in [6.07, 6.45) is 41.5. The van der Waals surface area contributed by atoms with Gasteiger partial charge in [0.25, 0.3) is 0 Å². The molecule has 1 atom stereocenters. The predicted octanol–water partition coefficient (Wildman–Crippen LogP) is 12.5. The van der Waals surface area contributed by atoms with E-state index >= 15 is 0 Å². The molecule has 0 spiro atoms. The van der Waals surface area contributed by atoms with Gasteiger partial charge in [-0.3, -0.25) is 4.79 Å². The van der Waals surface area contributed by atoms with Gasteiger partial charge in [0, 0.05) is 12.8 Å². The maximum atomic E-state index is 12.1. The molecule has 0 amide bonds. The van der Waals surface area contributed by atoms with E-state index in [4.69, 9.17) is 11.2 Å². The summed E-state index contributed by atoms with van der Waals surface area (Å²) in [5.41, 5.74) is 10.7. The van der Waals surface area contributed by atoms with Crippen LogP contribution in [0.4, 0.5) is 0 Å². The molecule has 0 radical (unpaired) electrons. The minimum Gasteiger partial charge on any atom is -0.462 e. The third-order valence-electron chi connectivity index (χ3n) is 9.07. The maximum absolute atomic E-state index is 12.1. The molecule has 0 aromatic rings. The summed E-state index contributed by atoms with van der Waals surface area (Å²) < 4.78 is 5.72. The molecule has 0 saturated carbocycles. The quantitative estimate of drug-likeness (QED) is 0.115. The van der Waals surface area contributed by atoms with Crippen LogP contribution in [0.15, 0.2) is 130 Å². The minimum absolute atomic E-state index is 0.0729. The SMILES string of the molecule is C#CCCC(=O)O[C@@H]1CC(C)=C(/C=C/C(C)=C/C=C/C(C)=C/C=C/C=C(C)/C=C/C=C(C)/C=C/C2=C(C)CCCC2(C)C)C(C)(C)C1. The maximum Gasteiger partial charge on any atom is 0.307 e. The summed E-state index contributed by atoms with van der Waals surface area (Å²) in [5.74, 6) is 2.31. The average Bonchev–Trinajstić information content (AvgIpc) is 2.97. The highest BCUT2D eigenvalue weighted by Gasteiger charge is 2.34. The minimum atomic E-state index is -0.200. The number of allylic oxidation sites excluding steroid dienone is 21. The van der Waals surface area contributed by atoms with Crippen molar-refractivity contribution in [1.82, 2.24) is 0 Å². The van der Waals surface area contributed by atoms with E-state index in [1.54, 1.807) is 0 Å². The smallest absolute Gasteiger partial charge is 0.307 e. The Bertz CT molecular complexity index is 1490. The number of terminal acetylenes is 1. The van der Waals surface area contributed by atoms with Gasteiger partial charge in [-0.05, 0) is 89.2 Å². The van der Waals surface area contributed by atoms with Crippen LogP contribution in [0.5, 0.6) is 0 Å². The van der Waals surface area contributed by atoms with Crippen LogP contribution in [-0.2, 0) is 9.53 Å². The van der Waals surface area contributed by atoms with E-state index in [0.717, 1.165) is 12.8 Å². The normalized spacial score (nSPS) is 21.7. The summed E-state index contributed by atoms with van der Waals surface area (Å²) in [6.45, 7) is 22.1. The van der Waals surface area contributed by atoms with Crippen LogP contribution < -0.4 is 0 Å². The second-order valence-corrected chi connectivity index (χ2v) is 14.6. The molecule has 0 unspecified atom stereocenters. The largest absolute Gasteiger partial charge is 0.462 e. The van der Waals surface area contributed by atoms with Crippen molar-refractivity contribution in [3.63, 3.8) is 0 Å². The highest BCUT2D eigenvalue weighted by atomic mass is 16.5. The summed E-state index contributed by atoms with van der Waals surface area (Å²) in [6, 6.07) is 0. The van der Waals surface area contributed by atoms with Gasteiger partial charge in [-0.15, -0.1) is 12.3 Å². The van der Waals surface area contributed by atoms with Crippen LogP contribution in [0.2, 0.25) is 0 Å². The van der Waals surface area contributed by atoms with Gasteiger partial charge < -0.3 is 4.74 Å². The van der Waals surface area contributed by atoms with E-state index in [1.165, 1.54) is 63.8 Å². The number of carbonyl (C=O) groups excluding carboxylic acids is 1. The Balaban J connectivity index is 1.91. The Kier molecular flexibility index (Phi) is 16.0. The molecule has 0 aliphatic heterocycles. The van der Waals surface area contributed by atoms with Crippen LogP contribution in [-0.4, -0.2) is 12.1 Å². The highest BCUT2D eigenvalue weighted by molar-refractivity contribution is 5.70. The first-order valence-electron chi connectivity index (χ1n) is 17.3. The van der Waals surface area contributed by atoms with Crippen molar-refractivity contribution in [3.05, 3.63) is 130 Å². The molecule has 2 nitrogen and oxygen atoms in total. The van der Waals surface area contributed by atoms with Crippen molar-refractivity contribution in [1.29, 1.82) is 0 Å². The Morgan fingerprint density at radius 1 is 0.766 bits per heavy atom. The zero-order valence-electron chi connectivity index (χ0n) is 31.0. The molecule has 0 bridgehead atoms. The molecule has 2 aliphatic carbocycles. The number of carbonyl (C=O) groups is 1. The van der Waals surface area contributed by atoms with E-state index in [1.807, 2.05) is 0 Å².